The molecule has 44 heavy (non-hydrogen) atoms. The highest BCUT2D eigenvalue weighted by Crippen LogP contribution is 2.41. The summed E-state index contributed by atoms with van der Waals surface area (Å²) in [6.07, 6.45) is 0. The summed E-state index contributed by atoms with van der Waals surface area (Å²) in [5.74, 6) is 0. The number of pyridine rings is 1. The van der Waals surface area contributed by atoms with E-state index in [1.165, 1.54) is 21.5 Å². The quantitative estimate of drug-likeness (QED) is 0.154. The van der Waals surface area contributed by atoms with E-state index in [-0.39, 0.29) is 0 Å². The topological polar surface area (TPSA) is 34.4 Å². The van der Waals surface area contributed by atoms with Crippen molar-refractivity contribution in [3.8, 4) is 11.1 Å². The highest BCUT2D eigenvalue weighted by atomic mass is 31.2. The third-order valence-corrected chi connectivity index (χ3v) is 11.7. The Hall–Kier alpha value is -5.24. The molecule has 2 aromatic heterocycles. The molecule has 0 fully saturated rings. The molecule has 1 unspecified atom stereocenters. The van der Waals surface area contributed by atoms with Crippen molar-refractivity contribution in [1.82, 2.24) is 9.38 Å². The van der Waals surface area contributed by atoms with Crippen molar-refractivity contribution in [3.63, 3.8) is 0 Å². The Morgan fingerprint density at radius 2 is 1.23 bits per heavy atom. The van der Waals surface area contributed by atoms with Crippen LogP contribution in [-0.2, 0) is 4.57 Å². The molecule has 0 bridgehead atoms. The van der Waals surface area contributed by atoms with Crippen LogP contribution in [0.2, 0.25) is 0 Å². The first-order chi connectivity index (χ1) is 21.6. The number of hydrogen-bond acceptors (Lipinski definition) is 2. The van der Waals surface area contributed by atoms with Gasteiger partial charge < -0.3 is 4.57 Å². The lowest BCUT2D eigenvalue weighted by molar-refractivity contribution is 0.590. The Balaban J connectivity index is 1.30. The van der Waals surface area contributed by atoms with Crippen LogP contribution in [0, 0.1) is 0 Å². The van der Waals surface area contributed by atoms with Gasteiger partial charge in [0, 0.05) is 26.8 Å². The molecule has 0 amide bonds. The van der Waals surface area contributed by atoms with Crippen LogP contribution in [0.5, 0.6) is 0 Å². The predicted octanol–water partition coefficient (Wildman–Crippen LogP) is 9.71. The van der Waals surface area contributed by atoms with E-state index in [4.69, 9.17) is 4.98 Å². The van der Waals surface area contributed by atoms with E-state index in [0.717, 1.165) is 60.1 Å². The minimum atomic E-state index is -2.72. The van der Waals surface area contributed by atoms with Crippen molar-refractivity contribution in [2.45, 2.75) is 0 Å². The SMILES string of the molecule is CP(=O)(c1ccccc1)c1ccc2ccc(-c3ccc4c5c6ccccc6ccc5c5nc6ccccc6n5c4c3)cc2c1. The van der Waals surface area contributed by atoms with Gasteiger partial charge in [0.15, 0.2) is 0 Å². The molecule has 0 N–H and O–H groups in total. The van der Waals surface area contributed by atoms with Crippen LogP contribution in [0.15, 0.2) is 146 Å². The molecule has 2 heterocycles. The maximum Gasteiger partial charge on any atom is 0.146 e. The van der Waals surface area contributed by atoms with Crippen molar-refractivity contribution in [1.29, 1.82) is 0 Å². The normalized spacial score (nSPS) is 13.4. The lowest BCUT2D eigenvalue weighted by atomic mass is 9.96. The maximum absolute atomic E-state index is 14.0. The molecule has 1 atom stereocenters. The van der Waals surface area contributed by atoms with Gasteiger partial charge in [0.2, 0.25) is 0 Å². The molecule has 3 nitrogen and oxygen atoms in total. The first-order valence-corrected chi connectivity index (χ1v) is 17.0. The number of rotatable bonds is 3. The van der Waals surface area contributed by atoms with Crippen molar-refractivity contribution in [2.24, 2.45) is 0 Å². The minimum absolute atomic E-state index is 0.872. The van der Waals surface area contributed by atoms with Gasteiger partial charge in [-0.05, 0) is 75.7 Å². The third-order valence-electron chi connectivity index (χ3n) is 9.14. The second-order valence-electron chi connectivity index (χ2n) is 11.7. The van der Waals surface area contributed by atoms with Gasteiger partial charge in [-0.1, -0.05) is 109 Å². The van der Waals surface area contributed by atoms with Crippen molar-refractivity contribution in [2.75, 3.05) is 6.66 Å². The molecule has 0 saturated heterocycles. The molecule has 0 spiro atoms. The molecular weight excluding hydrogens is 555 g/mol. The van der Waals surface area contributed by atoms with Crippen LogP contribution in [0.1, 0.15) is 0 Å². The fourth-order valence-electron chi connectivity index (χ4n) is 6.85. The average Bonchev–Trinajstić information content (AvgIpc) is 3.48. The standard InChI is InChI=1S/C40H27N2OP/c1-44(43,31-10-3-2-4-11-31)32-20-17-26-15-16-28(23-30(26)24-32)29-19-21-34-38(25-29)42-37-14-8-7-13-36(37)41-40(42)35-22-18-27-9-5-6-12-33(27)39(34)35/h2-25H,1H3. The summed E-state index contributed by atoms with van der Waals surface area (Å²) in [4.78, 5) is 5.14. The summed E-state index contributed by atoms with van der Waals surface area (Å²) in [6, 6.07) is 50.8. The zero-order chi connectivity index (χ0) is 29.4. The second-order valence-corrected chi connectivity index (χ2v) is 14.6. The van der Waals surface area contributed by atoms with Gasteiger partial charge in [-0.15, -0.1) is 0 Å². The first-order valence-electron chi connectivity index (χ1n) is 14.9. The molecule has 9 aromatic rings. The molecule has 0 aliphatic rings. The smallest absolute Gasteiger partial charge is 0.146 e. The molecule has 0 aliphatic carbocycles. The summed E-state index contributed by atoms with van der Waals surface area (Å²) in [6.45, 7) is 1.87. The zero-order valence-corrected chi connectivity index (χ0v) is 25.0. The van der Waals surface area contributed by atoms with Gasteiger partial charge >= 0.3 is 0 Å². The van der Waals surface area contributed by atoms with Crippen LogP contribution < -0.4 is 10.6 Å². The van der Waals surface area contributed by atoms with Crippen LogP contribution in [-0.4, -0.2) is 16.0 Å². The van der Waals surface area contributed by atoms with E-state index < -0.39 is 7.14 Å². The molecule has 0 aliphatic heterocycles. The molecule has 7 aromatic carbocycles. The minimum Gasteiger partial charge on any atom is -0.314 e. The number of hydrogen-bond donors (Lipinski definition) is 0. The van der Waals surface area contributed by atoms with Crippen LogP contribution in [0.25, 0.3) is 71.0 Å². The molecular formula is C40H27N2OP. The number of para-hydroxylation sites is 2. The summed E-state index contributed by atoms with van der Waals surface area (Å²) in [5.41, 5.74) is 6.44. The van der Waals surface area contributed by atoms with Gasteiger partial charge in [-0.2, -0.15) is 0 Å². The van der Waals surface area contributed by atoms with E-state index >= 15 is 0 Å². The summed E-state index contributed by atoms with van der Waals surface area (Å²) < 4.78 is 16.3. The van der Waals surface area contributed by atoms with E-state index in [1.54, 1.807) is 0 Å². The molecule has 0 radical (unpaired) electrons. The largest absolute Gasteiger partial charge is 0.314 e. The monoisotopic (exact) mass is 582 g/mol. The third kappa shape index (κ3) is 3.70. The summed E-state index contributed by atoms with van der Waals surface area (Å²) in [7, 11) is -2.72. The summed E-state index contributed by atoms with van der Waals surface area (Å²) in [5, 5.41) is 10.0. The Labute approximate surface area is 254 Å². The van der Waals surface area contributed by atoms with Gasteiger partial charge in [0.05, 0.1) is 16.6 Å². The lowest BCUT2D eigenvalue weighted by Gasteiger charge is -2.15. The first kappa shape index (κ1) is 25.3. The molecule has 0 saturated carbocycles. The lowest BCUT2D eigenvalue weighted by Crippen LogP contribution is -2.14. The van der Waals surface area contributed by atoms with E-state index in [1.807, 2.05) is 43.1 Å². The number of fused-ring (bicyclic) bond motifs is 11. The second kappa shape index (κ2) is 9.38. The van der Waals surface area contributed by atoms with Crippen molar-refractivity contribution in [3.05, 3.63) is 146 Å². The summed E-state index contributed by atoms with van der Waals surface area (Å²) >= 11 is 0. The van der Waals surface area contributed by atoms with Crippen LogP contribution in [0.3, 0.4) is 0 Å². The number of imidazole rings is 1. The average molecular weight is 583 g/mol. The molecule has 9 rings (SSSR count). The Bertz CT molecular complexity index is 2650. The number of aromatic nitrogens is 2. The zero-order valence-electron chi connectivity index (χ0n) is 24.1. The Kier molecular flexibility index (Phi) is 5.39. The Morgan fingerprint density at radius 3 is 2.14 bits per heavy atom. The van der Waals surface area contributed by atoms with Crippen LogP contribution in [0.4, 0.5) is 0 Å². The Morgan fingerprint density at radius 1 is 0.523 bits per heavy atom. The molecule has 208 valence electrons. The maximum atomic E-state index is 14.0. The number of nitrogens with zero attached hydrogens (tertiary/aromatic N) is 2. The van der Waals surface area contributed by atoms with Gasteiger partial charge in [0.25, 0.3) is 0 Å². The van der Waals surface area contributed by atoms with E-state index in [2.05, 4.69) is 114 Å². The van der Waals surface area contributed by atoms with E-state index in [0.29, 0.717) is 0 Å². The van der Waals surface area contributed by atoms with Gasteiger partial charge in [0.1, 0.15) is 12.8 Å². The fourth-order valence-corrected chi connectivity index (χ4v) is 8.63. The van der Waals surface area contributed by atoms with Gasteiger partial charge in [-0.25, -0.2) is 4.98 Å². The van der Waals surface area contributed by atoms with Crippen molar-refractivity contribution < 1.29 is 4.57 Å². The highest BCUT2D eigenvalue weighted by Gasteiger charge is 2.21. The van der Waals surface area contributed by atoms with Crippen LogP contribution >= 0.6 is 7.14 Å². The van der Waals surface area contributed by atoms with Crippen molar-refractivity contribution >= 4 is 77.7 Å². The fraction of sp³-hybridized carbons (Fsp3) is 0.0250. The molecule has 4 heteroatoms. The van der Waals surface area contributed by atoms with E-state index in [9.17, 15) is 4.57 Å². The highest BCUT2D eigenvalue weighted by molar-refractivity contribution is 7.78. The van der Waals surface area contributed by atoms with Gasteiger partial charge in [-0.3, -0.25) is 4.40 Å². The predicted molar refractivity (Wildman–Crippen MR) is 187 cm³/mol. The number of benzene rings is 7.